The Labute approximate surface area is 196 Å². The van der Waals surface area contributed by atoms with E-state index < -0.39 is 0 Å². The van der Waals surface area contributed by atoms with Crippen LogP contribution >= 0.6 is 11.8 Å². The molecule has 4 heterocycles. The maximum atomic E-state index is 13.4. The van der Waals surface area contributed by atoms with Gasteiger partial charge < -0.3 is 14.5 Å². The van der Waals surface area contributed by atoms with Crippen LogP contribution in [-0.2, 0) is 29.7 Å². The van der Waals surface area contributed by atoms with E-state index in [4.69, 9.17) is 4.74 Å². The largest absolute Gasteiger partial charge is 0.370 e. The van der Waals surface area contributed by atoms with E-state index in [0.717, 1.165) is 11.1 Å². The molecule has 1 saturated heterocycles. The molecule has 9 nitrogen and oxygen atoms in total. The standard InChI is InChI=1S/C23H26N6O3S/c1-27-11-18(10-26-27)12-28-13-19(32-16-17-5-3-7-24-9-17)14-29(15-21(28)30)23(31)20-6-4-8-25-22(20)33-2/h3-11,19H,12-16H2,1-2H3/t19-/m0/s1. The SMILES string of the molecule is CSc1ncccc1C(=O)N1CC(=O)N(Cc2cnn(C)c2)C[C@H](OCc2cccnc2)C1. The molecule has 4 rings (SSSR count). The molecule has 172 valence electrons. The second-order valence-electron chi connectivity index (χ2n) is 7.84. The second-order valence-corrected chi connectivity index (χ2v) is 8.63. The van der Waals surface area contributed by atoms with E-state index in [9.17, 15) is 9.59 Å². The maximum Gasteiger partial charge on any atom is 0.257 e. The molecule has 0 radical (unpaired) electrons. The first kappa shape index (κ1) is 22.9. The molecule has 1 aliphatic rings. The zero-order chi connectivity index (χ0) is 23.2. The summed E-state index contributed by atoms with van der Waals surface area (Å²) in [6, 6.07) is 7.27. The Morgan fingerprint density at radius 1 is 1.18 bits per heavy atom. The first-order valence-electron chi connectivity index (χ1n) is 10.6. The molecule has 0 unspecified atom stereocenters. The van der Waals surface area contributed by atoms with Gasteiger partial charge in [0, 0.05) is 57.0 Å². The van der Waals surface area contributed by atoms with Crippen molar-refractivity contribution in [3.63, 3.8) is 0 Å². The van der Waals surface area contributed by atoms with Crippen molar-refractivity contribution in [2.75, 3.05) is 25.9 Å². The van der Waals surface area contributed by atoms with Gasteiger partial charge in [0.25, 0.3) is 5.91 Å². The zero-order valence-electron chi connectivity index (χ0n) is 18.6. The average Bonchev–Trinajstić information content (AvgIpc) is 3.18. The molecule has 0 bridgehead atoms. The number of amides is 2. The normalized spacial score (nSPS) is 16.7. The van der Waals surface area contributed by atoms with Crippen LogP contribution in [0.5, 0.6) is 0 Å². The lowest BCUT2D eigenvalue weighted by atomic mass is 10.2. The molecule has 0 aliphatic carbocycles. The first-order chi connectivity index (χ1) is 16.0. The monoisotopic (exact) mass is 466 g/mol. The fraction of sp³-hybridized carbons (Fsp3) is 0.348. The number of carbonyl (C=O) groups excluding carboxylic acids is 2. The highest BCUT2D eigenvalue weighted by Crippen LogP contribution is 2.21. The number of hydrogen-bond acceptors (Lipinski definition) is 7. The molecule has 0 N–H and O–H groups in total. The van der Waals surface area contributed by atoms with Crippen LogP contribution in [0.1, 0.15) is 21.5 Å². The van der Waals surface area contributed by atoms with Gasteiger partial charge in [0.05, 0.1) is 24.5 Å². The lowest BCUT2D eigenvalue weighted by Crippen LogP contribution is -2.40. The Morgan fingerprint density at radius 2 is 2.03 bits per heavy atom. The fourth-order valence-electron chi connectivity index (χ4n) is 3.75. The minimum Gasteiger partial charge on any atom is -0.370 e. The van der Waals surface area contributed by atoms with Gasteiger partial charge in [0.15, 0.2) is 0 Å². The van der Waals surface area contributed by atoms with Crippen LogP contribution in [0.2, 0.25) is 0 Å². The van der Waals surface area contributed by atoms with Crippen LogP contribution in [-0.4, -0.2) is 73.4 Å². The predicted molar refractivity (Wildman–Crippen MR) is 123 cm³/mol. The van der Waals surface area contributed by atoms with Crippen molar-refractivity contribution in [2.45, 2.75) is 24.3 Å². The van der Waals surface area contributed by atoms with Gasteiger partial charge in [-0.3, -0.25) is 19.3 Å². The average molecular weight is 467 g/mol. The Balaban J connectivity index is 1.56. The summed E-state index contributed by atoms with van der Waals surface area (Å²) in [6.07, 6.45) is 10.3. The topological polar surface area (TPSA) is 93.5 Å². The van der Waals surface area contributed by atoms with Crippen molar-refractivity contribution in [3.05, 3.63) is 71.9 Å². The minimum absolute atomic E-state index is 0.0193. The number of ether oxygens (including phenoxy) is 1. The van der Waals surface area contributed by atoms with E-state index in [0.29, 0.717) is 36.8 Å². The van der Waals surface area contributed by atoms with Gasteiger partial charge in [-0.05, 0) is 30.0 Å². The van der Waals surface area contributed by atoms with Crippen LogP contribution in [0.3, 0.4) is 0 Å². The van der Waals surface area contributed by atoms with Gasteiger partial charge in [0.2, 0.25) is 5.91 Å². The molecule has 1 fully saturated rings. The Kier molecular flexibility index (Phi) is 7.36. The van der Waals surface area contributed by atoms with Crippen LogP contribution in [0.4, 0.5) is 0 Å². The van der Waals surface area contributed by atoms with E-state index in [1.165, 1.54) is 11.8 Å². The lowest BCUT2D eigenvalue weighted by Gasteiger charge is -2.25. The van der Waals surface area contributed by atoms with E-state index in [1.54, 1.807) is 51.4 Å². The van der Waals surface area contributed by atoms with E-state index in [2.05, 4.69) is 15.1 Å². The highest BCUT2D eigenvalue weighted by Gasteiger charge is 2.32. The lowest BCUT2D eigenvalue weighted by molar-refractivity contribution is -0.132. The summed E-state index contributed by atoms with van der Waals surface area (Å²) in [4.78, 5) is 38.3. The van der Waals surface area contributed by atoms with Crippen LogP contribution in [0.15, 0.2) is 60.3 Å². The van der Waals surface area contributed by atoms with Gasteiger partial charge in [0.1, 0.15) is 11.6 Å². The molecule has 33 heavy (non-hydrogen) atoms. The van der Waals surface area contributed by atoms with E-state index in [-0.39, 0.29) is 24.5 Å². The summed E-state index contributed by atoms with van der Waals surface area (Å²) < 4.78 is 7.88. The van der Waals surface area contributed by atoms with Gasteiger partial charge in [-0.1, -0.05) is 6.07 Å². The summed E-state index contributed by atoms with van der Waals surface area (Å²) in [5, 5.41) is 4.83. The summed E-state index contributed by atoms with van der Waals surface area (Å²) in [7, 11) is 1.84. The smallest absolute Gasteiger partial charge is 0.257 e. The van der Waals surface area contributed by atoms with Crippen molar-refractivity contribution < 1.29 is 14.3 Å². The Hall–Kier alpha value is -3.24. The number of nitrogens with zero attached hydrogens (tertiary/aromatic N) is 6. The summed E-state index contributed by atoms with van der Waals surface area (Å²) in [5.41, 5.74) is 2.35. The molecule has 0 saturated carbocycles. The van der Waals surface area contributed by atoms with Gasteiger partial charge in [-0.15, -0.1) is 11.8 Å². The third-order valence-corrected chi connectivity index (χ3v) is 6.06. The molecule has 3 aromatic rings. The molecule has 3 aromatic heterocycles. The Morgan fingerprint density at radius 3 is 2.76 bits per heavy atom. The molecule has 1 atom stereocenters. The van der Waals surface area contributed by atoms with Crippen molar-refractivity contribution in [3.8, 4) is 0 Å². The van der Waals surface area contributed by atoms with Gasteiger partial charge in [-0.2, -0.15) is 5.10 Å². The van der Waals surface area contributed by atoms with Crippen LogP contribution in [0.25, 0.3) is 0 Å². The summed E-state index contributed by atoms with van der Waals surface area (Å²) >= 11 is 1.41. The van der Waals surface area contributed by atoms with Gasteiger partial charge in [-0.25, -0.2) is 4.98 Å². The molecular formula is C23H26N6O3S. The van der Waals surface area contributed by atoms with Crippen molar-refractivity contribution >= 4 is 23.6 Å². The summed E-state index contributed by atoms with van der Waals surface area (Å²) in [5.74, 6) is -0.353. The second kappa shape index (κ2) is 10.6. The number of carbonyl (C=O) groups is 2. The summed E-state index contributed by atoms with van der Waals surface area (Å²) in [6.45, 7) is 1.41. The molecular weight excluding hydrogens is 440 g/mol. The van der Waals surface area contributed by atoms with E-state index in [1.807, 2.05) is 31.6 Å². The zero-order valence-corrected chi connectivity index (χ0v) is 19.4. The molecule has 2 amide bonds. The highest BCUT2D eigenvalue weighted by molar-refractivity contribution is 7.98. The molecule has 10 heteroatoms. The number of aryl methyl sites for hydroxylation is 1. The molecule has 1 aliphatic heterocycles. The van der Waals surface area contributed by atoms with Gasteiger partial charge >= 0.3 is 0 Å². The quantitative estimate of drug-likeness (QED) is 0.492. The number of rotatable bonds is 7. The fourth-order valence-corrected chi connectivity index (χ4v) is 4.29. The minimum atomic E-state index is -0.355. The Bertz CT molecular complexity index is 1110. The highest BCUT2D eigenvalue weighted by atomic mass is 32.2. The number of pyridine rings is 2. The number of thioether (sulfide) groups is 1. The molecule has 0 aromatic carbocycles. The van der Waals surface area contributed by atoms with Crippen LogP contribution < -0.4 is 0 Å². The van der Waals surface area contributed by atoms with Crippen molar-refractivity contribution in [1.29, 1.82) is 0 Å². The molecule has 0 spiro atoms. The van der Waals surface area contributed by atoms with Crippen molar-refractivity contribution in [2.24, 2.45) is 7.05 Å². The first-order valence-corrected chi connectivity index (χ1v) is 11.8. The maximum absolute atomic E-state index is 13.4. The van der Waals surface area contributed by atoms with Crippen LogP contribution in [0, 0.1) is 0 Å². The predicted octanol–water partition coefficient (Wildman–Crippen LogP) is 2.00. The van der Waals surface area contributed by atoms with E-state index >= 15 is 0 Å². The third-order valence-electron chi connectivity index (χ3n) is 5.35. The number of aromatic nitrogens is 4. The number of hydrogen-bond donors (Lipinski definition) is 0. The third kappa shape index (κ3) is 5.77. The van der Waals surface area contributed by atoms with Crippen molar-refractivity contribution in [1.82, 2.24) is 29.5 Å².